The quantitative estimate of drug-likeness (QED) is 0.542. The minimum atomic E-state index is -0.171. The molecule has 3 aromatic rings. The Labute approximate surface area is 146 Å². The van der Waals surface area contributed by atoms with Crippen molar-refractivity contribution in [2.24, 2.45) is 0 Å². The van der Waals surface area contributed by atoms with Crippen LogP contribution in [-0.2, 0) is 0 Å². The van der Waals surface area contributed by atoms with Gasteiger partial charge in [-0.3, -0.25) is 9.78 Å². The van der Waals surface area contributed by atoms with E-state index in [1.807, 2.05) is 42.5 Å². The summed E-state index contributed by atoms with van der Waals surface area (Å²) in [5.41, 5.74) is 2.13. The number of rotatable bonds is 6. The van der Waals surface area contributed by atoms with Crippen LogP contribution in [0.25, 0.3) is 10.9 Å². The average molecular weight is 330 g/mol. The van der Waals surface area contributed by atoms with Crippen LogP contribution in [0.2, 0.25) is 0 Å². The highest BCUT2D eigenvalue weighted by molar-refractivity contribution is 6.06. The van der Waals surface area contributed by atoms with Crippen molar-refractivity contribution < 1.29 is 9.53 Å². The Balaban J connectivity index is 1.68. The van der Waals surface area contributed by atoms with E-state index in [4.69, 9.17) is 11.2 Å². The lowest BCUT2D eigenvalue weighted by Crippen LogP contribution is -2.12. The van der Waals surface area contributed by atoms with Gasteiger partial charge in [-0.1, -0.05) is 12.1 Å². The third kappa shape index (κ3) is 4.36. The van der Waals surface area contributed by atoms with Crippen molar-refractivity contribution in [1.29, 1.82) is 0 Å². The summed E-state index contributed by atoms with van der Waals surface area (Å²) in [5, 5.41) is 3.82. The minimum Gasteiger partial charge on any atom is -0.493 e. The summed E-state index contributed by atoms with van der Waals surface area (Å²) in [7, 11) is 0. The number of fused-ring (bicyclic) bond motifs is 1. The van der Waals surface area contributed by atoms with Crippen molar-refractivity contribution in [1.82, 2.24) is 4.98 Å². The van der Waals surface area contributed by atoms with E-state index in [1.165, 1.54) is 0 Å². The van der Waals surface area contributed by atoms with Crippen LogP contribution in [0.4, 0.5) is 5.69 Å². The van der Waals surface area contributed by atoms with E-state index in [0.717, 1.165) is 17.3 Å². The van der Waals surface area contributed by atoms with E-state index in [9.17, 15) is 4.79 Å². The Morgan fingerprint density at radius 2 is 2.08 bits per heavy atom. The molecule has 0 spiro atoms. The van der Waals surface area contributed by atoms with Gasteiger partial charge in [-0.2, -0.15) is 0 Å². The van der Waals surface area contributed by atoms with Gasteiger partial charge in [-0.05, 0) is 42.8 Å². The average Bonchev–Trinajstić information content (AvgIpc) is 2.65. The second kappa shape index (κ2) is 7.98. The molecular weight excluding hydrogens is 312 g/mol. The summed E-state index contributed by atoms with van der Waals surface area (Å²) in [5.74, 6) is 3.12. The molecule has 124 valence electrons. The maximum Gasteiger partial charge on any atom is 0.255 e. The molecule has 1 N–H and O–H groups in total. The maximum atomic E-state index is 12.5. The normalized spacial score (nSPS) is 10.2. The molecular formula is C21H18N2O2. The zero-order valence-electron chi connectivity index (χ0n) is 13.7. The van der Waals surface area contributed by atoms with Gasteiger partial charge in [0.1, 0.15) is 5.75 Å². The lowest BCUT2D eigenvalue weighted by atomic mass is 10.1. The zero-order chi connectivity index (χ0) is 17.5. The number of unbranched alkanes of at least 4 members (excludes halogenated alkanes) is 1. The van der Waals surface area contributed by atoms with Crippen LogP contribution >= 0.6 is 0 Å². The molecule has 0 saturated heterocycles. The summed E-state index contributed by atoms with van der Waals surface area (Å²) in [6.07, 6.45) is 8.44. The van der Waals surface area contributed by atoms with Crippen molar-refractivity contribution in [3.63, 3.8) is 0 Å². The third-order valence-electron chi connectivity index (χ3n) is 3.69. The molecule has 1 heterocycles. The lowest BCUT2D eigenvalue weighted by Gasteiger charge is -2.09. The Morgan fingerprint density at radius 1 is 1.16 bits per heavy atom. The topological polar surface area (TPSA) is 51.2 Å². The highest BCUT2D eigenvalue weighted by Crippen LogP contribution is 2.19. The summed E-state index contributed by atoms with van der Waals surface area (Å²) < 4.78 is 5.64. The number of ether oxygens (including phenoxy) is 1. The first kappa shape index (κ1) is 16.5. The standard InChI is InChI=1S/C21H18N2O2/c1-2-3-4-13-25-19-9-5-8-18(15-19)23-21(24)17-10-11-20-16(14-17)7-6-12-22-20/h1,5-12,14-15H,3-4,13H2,(H,23,24). The van der Waals surface area contributed by atoms with E-state index < -0.39 is 0 Å². The summed E-state index contributed by atoms with van der Waals surface area (Å²) in [4.78, 5) is 16.7. The van der Waals surface area contributed by atoms with Gasteiger partial charge in [0.05, 0.1) is 12.1 Å². The van der Waals surface area contributed by atoms with Gasteiger partial charge >= 0.3 is 0 Å². The summed E-state index contributed by atoms with van der Waals surface area (Å²) in [6, 6.07) is 16.6. The van der Waals surface area contributed by atoms with Crippen molar-refractivity contribution in [3.8, 4) is 18.1 Å². The fraction of sp³-hybridized carbons (Fsp3) is 0.143. The number of carbonyl (C=O) groups excluding carboxylic acids is 1. The predicted octanol–water partition coefficient (Wildman–Crippen LogP) is 4.28. The molecule has 0 unspecified atom stereocenters. The van der Waals surface area contributed by atoms with E-state index in [2.05, 4.69) is 16.2 Å². The fourth-order valence-electron chi connectivity index (χ4n) is 2.45. The van der Waals surface area contributed by atoms with Gasteiger partial charge in [0.25, 0.3) is 5.91 Å². The van der Waals surface area contributed by atoms with E-state index >= 15 is 0 Å². The number of terminal acetylenes is 1. The molecule has 0 aliphatic heterocycles. The second-order valence-corrected chi connectivity index (χ2v) is 5.55. The van der Waals surface area contributed by atoms with Crippen LogP contribution in [0, 0.1) is 12.3 Å². The Bertz CT molecular complexity index is 928. The van der Waals surface area contributed by atoms with Gasteiger partial charge < -0.3 is 10.1 Å². The first-order valence-corrected chi connectivity index (χ1v) is 8.09. The van der Waals surface area contributed by atoms with Crippen LogP contribution in [0.3, 0.4) is 0 Å². The number of pyridine rings is 1. The molecule has 0 aliphatic rings. The smallest absolute Gasteiger partial charge is 0.255 e. The molecule has 4 nitrogen and oxygen atoms in total. The number of aromatic nitrogens is 1. The van der Waals surface area contributed by atoms with Crippen LogP contribution in [0.5, 0.6) is 5.75 Å². The van der Waals surface area contributed by atoms with E-state index in [0.29, 0.717) is 30.0 Å². The summed E-state index contributed by atoms with van der Waals surface area (Å²) >= 11 is 0. The van der Waals surface area contributed by atoms with Gasteiger partial charge in [0.15, 0.2) is 0 Å². The molecule has 4 heteroatoms. The molecule has 0 bridgehead atoms. The minimum absolute atomic E-state index is 0.171. The highest BCUT2D eigenvalue weighted by atomic mass is 16.5. The van der Waals surface area contributed by atoms with Crippen molar-refractivity contribution in [3.05, 3.63) is 66.4 Å². The van der Waals surface area contributed by atoms with Gasteiger partial charge in [0.2, 0.25) is 0 Å². The number of amides is 1. The van der Waals surface area contributed by atoms with Gasteiger partial charge in [-0.15, -0.1) is 12.3 Å². The Hall–Kier alpha value is -3.32. The van der Waals surface area contributed by atoms with E-state index in [-0.39, 0.29) is 5.91 Å². The van der Waals surface area contributed by atoms with Crippen molar-refractivity contribution in [2.45, 2.75) is 12.8 Å². The molecule has 1 aromatic heterocycles. The first-order chi connectivity index (χ1) is 12.3. The maximum absolute atomic E-state index is 12.5. The summed E-state index contributed by atoms with van der Waals surface area (Å²) in [6.45, 7) is 0.555. The molecule has 0 saturated carbocycles. The SMILES string of the molecule is C#CCCCOc1cccc(NC(=O)c2ccc3ncccc3c2)c1. The Morgan fingerprint density at radius 3 is 2.96 bits per heavy atom. The van der Waals surface area contributed by atoms with Crippen LogP contribution in [-0.4, -0.2) is 17.5 Å². The van der Waals surface area contributed by atoms with Crippen molar-refractivity contribution >= 4 is 22.5 Å². The van der Waals surface area contributed by atoms with Gasteiger partial charge in [-0.25, -0.2) is 0 Å². The third-order valence-corrected chi connectivity index (χ3v) is 3.69. The van der Waals surface area contributed by atoms with Crippen molar-refractivity contribution in [2.75, 3.05) is 11.9 Å². The molecule has 2 aromatic carbocycles. The van der Waals surface area contributed by atoms with Gasteiger partial charge in [0, 0.05) is 35.3 Å². The molecule has 1 amide bonds. The van der Waals surface area contributed by atoms with Crippen LogP contribution in [0.15, 0.2) is 60.8 Å². The molecule has 25 heavy (non-hydrogen) atoms. The Kier molecular flexibility index (Phi) is 5.28. The monoisotopic (exact) mass is 330 g/mol. The molecule has 0 fully saturated rings. The van der Waals surface area contributed by atoms with E-state index in [1.54, 1.807) is 18.3 Å². The predicted molar refractivity (Wildman–Crippen MR) is 99.7 cm³/mol. The number of anilines is 1. The van der Waals surface area contributed by atoms with Crippen LogP contribution in [0.1, 0.15) is 23.2 Å². The first-order valence-electron chi connectivity index (χ1n) is 8.09. The highest BCUT2D eigenvalue weighted by Gasteiger charge is 2.08. The largest absolute Gasteiger partial charge is 0.493 e. The number of carbonyl (C=O) groups is 1. The lowest BCUT2D eigenvalue weighted by molar-refractivity contribution is 0.102. The number of nitrogens with zero attached hydrogens (tertiary/aromatic N) is 1. The number of hydrogen-bond donors (Lipinski definition) is 1. The van der Waals surface area contributed by atoms with Crippen LogP contribution < -0.4 is 10.1 Å². The molecule has 0 atom stereocenters. The molecule has 3 rings (SSSR count). The number of benzene rings is 2. The second-order valence-electron chi connectivity index (χ2n) is 5.55. The molecule has 0 radical (unpaired) electrons. The number of nitrogens with one attached hydrogen (secondary N) is 1. The number of hydrogen-bond acceptors (Lipinski definition) is 3. The zero-order valence-corrected chi connectivity index (χ0v) is 13.7. The molecule has 0 aliphatic carbocycles. The fourth-order valence-corrected chi connectivity index (χ4v) is 2.45.